The number of benzodiazepines with no additional fused rings is 1. The van der Waals surface area contributed by atoms with Crippen LogP contribution in [0.25, 0.3) is 0 Å². The van der Waals surface area contributed by atoms with Gasteiger partial charge >= 0.3 is 0 Å². The second-order valence-electron chi connectivity index (χ2n) is 7.20. The van der Waals surface area contributed by atoms with Crippen LogP contribution in [0.15, 0.2) is 53.5 Å². The summed E-state index contributed by atoms with van der Waals surface area (Å²) in [6, 6.07) is 15.0. The summed E-state index contributed by atoms with van der Waals surface area (Å²) in [5, 5.41) is 3.44. The molecule has 1 heterocycles. The zero-order chi connectivity index (χ0) is 20.1. The maximum absolute atomic E-state index is 12.8. The first-order valence-electron chi connectivity index (χ1n) is 9.42. The van der Waals surface area contributed by atoms with Crippen LogP contribution < -0.4 is 10.2 Å². The largest absolute Gasteiger partial charge is 0.355 e. The Bertz CT molecular complexity index is 894. The van der Waals surface area contributed by atoms with Gasteiger partial charge in [-0.2, -0.15) is 0 Å². The van der Waals surface area contributed by atoms with Crippen molar-refractivity contribution < 1.29 is 9.59 Å². The van der Waals surface area contributed by atoms with Gasteiger partial charge in [-0.25, -0.2) is 0 Å². The highest BCUT2D eigenvalue weighted by atomic mass is 35.5. The number of halogens is 1. The van der Waals surface area contributed by atoms with E-state index < -0.39 is 0 Å². The number of carbonyl (C=O) groups excluding carboxylic acids is 2. The first kappa shape index (κ1) is 20.1. The molecule has 2 aromatic carbocycles. The van der Waals surface area contributed by atoms with Crippen LogP contribution in [-0.2, 0) is 9.59 Å². The topological polar surface area (TPSA) is 61.8 Å². The summed E-state index contributed by atoms with van der Waals surface area (Å²) in [5.41, 5.74) is 3.00. The minimum absolute atomic E-state index is 0.0181. The molecule has 0 aliphatic carbocycles. The van der Waals surface area contributed by atoms with Crippen LogP contribution in [0, 0.1) is 5.92 Å². The molecule has 0 aromatic heterocycles. The average molecular weight is 398 g/mol. The van der Waals surface area contributed by atoms with Gasteiger partial charge in [-0.05, 0) is 30.5 Å². The second kappa shape index (κ2) is 9.02. The summed E-state index contributed by atoms with van der Waals surface area (Å²) in [7, 11) is 0. The van der Waals surface area contributed by atoms with Crippen molar-refractivity contribution in [1.82, 2.24) is 5.32 Å². The molecule has 0 radical (unpaired) electrons. The summed E-state index contributed by atoms with van der Waals surface area (Å²) in [6.45, 7) is 4.75. The summed E-state index contributed by atoms with van der Waals surface area (Å²) < 4.78 is 0. The highest BCUT2D eigenvalue weighted by molar-refractivity contribution is 6.32. The van der Waals surface area contributed by atoms with Crippen LogP contribution in [0.5, 0.6) is 0 Å². The van der Waals surface area contributed by atoms with Crippen molar-refractivity contribution in [2.45, 2.75) is 20.3 Å². The van der Waals surface area contributed by atoms with Crippen molar-refractivity contribution in [3.8, 4) is 0 Å². The first-order chi connectivity index (χ1) is 13.5. The Kier molecular flexibility index (Phi) is 6.47. The Morgan fingerprint density at radius 2 is 1.96 bits per heavy atom. The molecule has 1 aliphatic heterocycles. The molecule has 1 aliphatic rings. The Hall–Kier alpha value is -2.66. The molecule has 0 unspecified atom stereocenters. The minimum atomic E-state index is -0.214. The molecule has 6 heteroatoms. The number of nitrogens with zero attached hydrogens (tertiary/aromatic N) is 2. The molecule has 0 fully saturated rings. The first-order valence-corrected chi connectivity index (χ1v) is 9.80. The van der Waals surface area contributed by atoms with E-state index in [-0.39, 0.29) is 24.9 Å². The number of nitrogens with one attached hydrogen (secondary N) is 1. The van der Waals surface area contributed by atoms with Crippen molar-refractivity contribution in [3.05, 3.63) is 64.7 Å². The maximum atomic E-state index is 12.8. The highest BCUT2D eigenvalue weighted by Crippen LogP contribution is 2.29. The molecule has 1 N–H and O–H groups in total. The third kappa shape index (κ3) is 4.78. The quantitative estimate of drug-likeness (QED) is 0.808. The summed E-state index contributed by atoms with van der Waals surface area (Å²) in [4.78, 5) is 31.2. The van der Waals surface area contributed by atoms with Crippen molar-refractivity contribution >= 4 is 34.8 Å². The molecule has 0 saturated carbocycles. The molecular weight excluding hydrogens is 374 g/mol. The number of hydrogen-bond acceptors (Lipinski definition) is 3. The normalized spacial score (nSPS) is 13.8. The van der Waals surface area contributed by atoms with E-state index >= 15 is 0 Å². The molecule has 0 saturated heterocycles. The molecule has 3 rings (SSSR count). The number of benzene rings is 2. The molecule has 0 atom stereocenters. The van der Waals surface area contributed by atoms with E-state index in [1.165, 1.54) is 4.90 Å². The van der Waals surface area contributed by atoms with Gasteiger partial charge in [0.25, 0.3) is 0 Å². The highest BCUT2D eigenvalue weighted by Gasteiger charge is 2.27. The van der Waals surface area contributed by atoms with Crippen LogP contribution >= 0.6 is 11.6 Å². The fourth-order valence-electron chi connectivity index (χ4n) is 3.10. The number of hydrogen-bond donors (Lipinski definition) is 1. The number of fused-ring (bicyclic) bond motifs is 1. The van der Waals surface area contributed by atoms with Crippen LogP contribution in [-0.4, -0.2) is 37.2 Å². The number of anilines is 1. The van der Waals surface area contributed by atoms with Gasteiger partial charge in [0, 0.05) is 22.7 Å². The minimum Gasteiger partial charge on any atom is -0.355 e. The smallest absolute Gasteiger partial charge is 0.249 e. The van der Waals surface area contributed by atoms with E-state index in [4.69, 9.17) is 11.6 Å². The van der Waals surface area contributed by atoms with E-state index in [2.05, 4.69) is 24.2 Å². The molecule has 2 amide bonds. The number of amides is 2. The molecule has 0 spiro atoms. The van der Waals surface area contributed by atoms with E-state index in [1.807, 2.05) is 30.3 Å². The van der Waals surface area contributed by atoms with E-state index in [0.29, 0.717) is 28.9 Å². The lowest BCUT2D eigenvalue weighted by Gasteiger charge is -2.23. The summed E-state index contributed by atoms with van der Waals surface area (Å²) in [6.07, 6.45) is 0.896. The van der Waals surface area contributed by atoms with Gasteiger partial charge < -0.3 is 10.2 Å². The standard InChI is InChI=1S/C22H24ClN3O2/c1-15(2)10-11-24-20(27)14-26-19-9-8-17(23)12-18(19)22(25-13-21(26)28)16-6-4-3-5-7-16/h3-9,12,15H,10-11,13-14H2,1-2H3,(H,24,27). The summed E-state index contributed by atoms with van der Waals surface area (Å²) >= 11 is 6.23. The van der Waals surface area contributed by atoms with Gasteiger partial charge in [0.15, 0.2) is 0 Å². The lowest BCUT2D eigenvalue weighted by molar-refractivity contribution is -0.123. The molecule has 2 aromatic rings. The lowest BCUT2D eigenvalue weighted by Crippen LogP contribution is -2.42. The van der Waals surface area contributed by atoms with Gasteiger partial charge in [0.1, 0.15) is 13.1 Å². The van der Waals surface area contributed by atoms with Crippen LogP contribution in [0.2, 0.25) is 5.02 Å². The Labute approximate surface area is 170 Å². The van der Waals surface area contributed by atoms with Crippen molar-refractivity contribution in [2.24, 2.45) is 10.9 Å². The number of carbonyl (C=O) groups is 2. The SMILES string of the molecule is CC(C)CCNC(=O)CN1C(=O)CN=C(c2ccccc2)c2cc(Cl)ccc21. The van der Waals surface area contributed by atoms with Gasteiger partial charge in [-0.3, -0.25) is 14.6 Å². The average Bonchev–Trinajstić information content (AvgIpc) is 2.79. The summed E-state index contributed by atoms with van der Waals surface area (Å²) in [5.74, 6) is 0.108. The predicted molar refractivity (Wildman–Crippen MR) is 113 cm³/mol. The van der Waals surface area contributed by atoms with E-state index in [1.54, 1.807) is 18.2 Å². The van der Waals surface area contributed by atoms with Crippen molar-refractivity contribution in [3.63, 3.8) is 0 Å². The third-order valence-corrected chi connectivity index (χ3v) is 4.81. The molecular formula is C22H24ClN3O2. The van der Waals surface area contributed by atoms with Gasteiger partial charge in [0.05, 0.1) is 11.4 Å². The lowest BCUT2D eigenvalue weighted by atomic mass is 10.00. The third-order valence-electron chi connectivity index (χ3n) is 4.57. The molecule has 28 heavy (non-hydrogen) atoms. The zero-order valence-electron chi connectivity index (χ0n) is 16.1. The van der Waals surface area contributed by atoms with E-state index in [0.717, 1.165) is 17.5 Å². The molecule has 0 bridgehead atoms. The van der Waals surface area contributed by atoms with Crippen LogP contribution in [0.1, 0.15) is 31.4 Å². The fourth-order valence-corrected chi connectivity index (χ4v) is 3.27. The Balaban J connectivity index is 1.91. The maximum Gasteiger partial charge on any atom is 0.249 e. The monoisotopic (exact) mass is 397 g/mol. The second-order valence-corrected chi connectivity index (χ2v) is 7.64. The van der Waals surface area contributed by atoms with Gasteiger partial charge in [-0.15, -0.1) is 0 Å². The van der Waals surface area contributed by atoms with Gasteiger partial charge in [-0.1, -0.05) is 55.8 Å². The van der Waals surface area contributed by atoms with Crippen LogP contribution in [0.3, 0.4) is 0 Å². The zero-order valence-corrected chi connectivity index (χ0v) is 16.9. The predicted octanol–water partition coefficient (Wildman–Crippen LogP) is 3.69. The molecule has 5 nitrogen and oxygen atoms in total. The van der Waals surface area contributed by atoms with Crippen LogP contribution in [0.4, 0.5) is 5.69 Å². The number of rotatable bonds is 6. The van der Waals surface area contributed by atoms with Crippen molar-refractivity contribution in [2.75, 3.05) is 24.5 Å². The Morgan fingerprint density at radius 1 is 1.21 bits per heavy atom. The van der Waals surface area contributed by atoms with E-state index in [9.17, 15) is 9.59 Å². The van der Waals surface area contributed by atoms with Crippen molar-refractivity contribution in [1.29, 1.82) is 0 Å². The van der Waals surface area contributed by atoms with Gasteiger partial charge in [0.2, 0.25) is 11.8 Å². The molecule has 146 valence electrons. The number of aliphatic imine (C=N–C) groups is 1. The Morgan fingerprint density at radius 3 is 2.68 bits per heavy atom. The fraction of sp³-hybridized carbons (Fsp3) is 0.318.